The molecule has 0 saturated carbocycles. The van der Waals surface area contributed by atoms with Crippen LogP contribution in [0.25, 0.3) is 0 Å². The molecule has 0 unspecified atom stereocenters. The highest BCUT2D eigenvalue weighted by molar-refractivity contribution is 6.15. The van der Waals surface area contributed by atoms with E-state index in [9.17, 15) is 19.2 Å². The molecule has 0 radical (unpaired) electrons. The van der Waals surface area contributed by atoms with E-state index in [1.54, 1.807) is 0 Å². The third-order valence-corrected chi connectivity index (χ3v) is 8.98. The monoisotopic (exact) mass is 703 g/mol. The van der Waals surface area contributed by atoms with E-state index in [-0.39, 0.29) is 48.7 Å². The zero-order valence-electron chi connectivity index (χ0n) is 32.2. The van der Waals surface area contributed by atoms with E-state index >= 15 is 0 Å². The van der Waals surface area contributed by atoms with Crippen molar-refractivity contribution in [2.45, 2.75) is 182 Å². The number of esters is 4. The minimum atomic E-state index is -0.845. The average Bonchev–Trinajstić information content (AvgIpc) is 3.12. The Hall–Kier alpha value is -2.90. The molecule has 1 rings (SSSR count). The lowest BCUT2D eigenvalue weighted by Crippen LogP contribution is -2.24. The van der Waals surface area contributed by atoms with Gasteiger partial charge < -0.3 is 18.9 Å². The van der Waals surface area contributed by atoms with Crippen molar-refractivity contribution >= 4 is 23.9 Å². The number of hydrogen-bond acceptors (Lipinski definition) is 8. The molecule has 0 atom stereocenters. The first-order valence-corrected chi connectivity index (χ1v) is 20.3. The molecule has 0 heterocycles. The lowest BCUT2D eigenvalue weighted by Gasteiger charge is -2.17. The summed E-state index contributed by atoms with van der Waals surface area (Å²) in [6.45, 7) is 9.30. The van der Waals surface area contributed by atoms with Crippen LogP contribution in [0.2, 0.25) is 0 Å². The van der Waals surface area contributed by atoms with Gasteiger partial charge >= 0.3 is 23.9 Å². The minimum Gasteiger partial charge on any atom is -0.462 e. The summed E-state index contributed by atoms with van der Waals surface area (Å²) in [6.07, 6.45) is 24.4. The Morgan fingerprint density at radius 2 is 0.560 bits per heavy atom. The van der Waals surface area contributed by atoms with Gasteiger partial charge in [-0.1, -0.05) is 156 Å². The Labute approximate surface area is 304 Å². The summed E-state index contributed by atoms with van der Waals surface area (Å²) in [6, 6.07) is 2.74. The van der Waals surface area contributed by atoms with E-state index in [1.807, 2.05) is 0 Å². The standard InChI is InChI=1S/C42H70O8/c1-5-9-13-17-21-25-31-47-39(43)35-29-30-36(40(44)48-32-26-22-18-14-10-6-2)38(42(46)50-34-28-24-20-16-12-8-4)37(35)41(45)49-33-27-23-19-15-11-7-3/h29-30H,5-28,31-34H2,1-4H3. The predicted molar refractivity (Wildman–Crippen MR) is 201 cm³/mol. The van der Waals surface area contributed by atoms with Crippen LogP contribution >= 0.6 is 0 Å². The Bertz CT molecular complexity index is 983. The summed E-state index contributed by atoms with van der Waals surface area (Å²) in [5, 5.41) is 0. The Balaban J connectivity index is 3.27. The van der Waals surface area contributed by atoms with Gasteiger partial charge in [0, 0.05) is 0 Å². The van der Waals surface area contributed by atoms with Gasteiger partial charge in [0.05, 0.1) is 48.7 Å². The second-order valence-corrected chi connectivity index (χ2v) is 13.5. The van der Waals surface area contributed by atoms with E-state index in [2.05, 4.69) is 27.7 Å². The summed E-state index contributed by atoms with van der Waals surface area (Å²) in [5.74, 6) is -3.16. The first-order chi connectivity index (χ1) is 24.4. The molecule has 0 aliphatic heterocycles. The molecule has 0 aromatic heterocycles. The topological polar surface area (TPSA) is 105 Å². The van der Waals surface area contributed by atoms with Gasteiger partial charge in [-0.3, -0.25) is 0 Å². The van der Waals surface area contributed by atoms with Gasteiger partial charge in [-0.25, -0.2) is 19.2 Å². The molecular formula is C42H70O8. The van der Waals surface area contributed by atoms with Gasteiger partial charge in [0.25, 0.3) is 0 Å². The Morgan fingerprint density at radius 3 is 0.820 bits per heavy atom. The van der Waals surface area contributed by atoms with Crippen molar-refractivity contribution < 1.29 is 38.1 Å². The number of unbranched alkanes of at least 4 members (excludes halogenated alkanes) is 20. The maximum absolute atomic E-state index is 13.8. The normalized spacial score (nSPS) is 11.0. The van der Waals surface area contributed by atoms with Gasteiger partial charge in [-0.15, -0.1) is 0 Å². The van der Waals surface area contributed by atoms with Crippen molar-refractivity contribution in [1.82, 2.24) is 0 Å². The van der Waals surface area contributed by atoms with Crippen molar-refractivity contribution in [1.29, 1.82) is 0 Å². The number of carbonyl (C=O) groups excluding carboxylic acids is 4. The molecule has 1 aromatic carbocycles. The number of carbonyl (C=O) groups is 4. The van der Waals surface area contributed by atoms with Crippen LogP contribution in [0.3, 0.4) is 0 Å². The Morgan fingerprint density at radius 1 is 0.340 bits per heavy atom. The molecule has 0 spiro atoms. The SMILES string of the molecule is CCCCCCCCOC(=O)c1ccc(C(=O)OCCCCCCCC)c(C(=O)OCCCCCCCC)c1C(=O)OCCCCCCCC. The largest absolute Gasteiger partial charge is 0.462 e. The van der Waals surface area contributed by atoms with Crippen LogP contribution < -0.4 is 0 Å². The smallest absolute Gasteiger partial charge is 0.339 e. The van der Waals surface area contributed by atoms with Crippen LogP contribution in [0.15, 0.2) is 12.1 Å². The lowest BCUT2D eigenvalue weighted by atomic mass is 9.95. The van der Waals surface area contributed by atoms with Crippen LogP contribution in [0, 0.1) is 0 Å². The van der Waals surface area contributed by atoms with Crippen molar-refractivity contribution in [3.05, 3.63) is 34.4 Å². The number of rotatable bonds is 32. The predicted octanol–water partition coefficient (Wildman–Crippen LogP) is 11.8. The van der Waals surface area contributed by atoms with Crippen molar-refractivity contribution in [2.75, 3.05) is 26.4 Å². The second kappa shape index (κ2) is 30.9. The third-order valence-electron chi connectivity index (χ3n) is 8.98. The quantitative estimate of drug-likeness (QED) is 0.0415. The molecular weight excluding hydrogens is 632 g/mol. The zero-order chi connectivity index (χ0) is 36.7. The molecule has 1 aromatic rings. The zero-order valence-corrected chi connectivity index (χ0v) is 32.2. The highest BCUT2D eigenvalue weighted by atomic mass is 16.5. The summed E-state index contributed by atoms with van der Waals surface area (Å²) < 4.78 is 22.5. The first kappa shape index (κ1) is 45.1. The molecule has 8 nitrogen and oxygen atoms in total. The van der Waals surface area contributed by atoms with Gasteiger partial charge in [0.1, 0.15) is 0 Å². The maximum atomic E-state index is 13.8. The van der Waals surface area contributed by atoms with Crippen molar-refractivity contribution in [3.63, 3.8) is 0 Å². The van der Waals surface area contributed by atoms with Gasteiger partial charge in [0.15, 0.2) is 0 Å². The van der Waals surface area contributed by atoms with E-state index in [4.69, 9.17) is 18.9 Å². The maximum Gasteiger partial charge on any atom is 0.339 e. The van der Waals surface area contributed by atoms with Gasteiger partial charge in [-0.05, 0) is 37.8 Å². The molecule has 0 N–H and O–H groups in total. The van der Waals surface area contributed by atoms with Gasteiger partial charge in [0.2, 0.25) is 0 Å². The van der Waals surface area contributed by atoms with Gasteiger partial charge in [-0.2, -0.15) is 0 Å². The molecule has 0 bridgehead atoms. The van der Waals surface area contributed by atoms with Crippen LogP contribution in [-0.2, 0) is 18.9 Å². The highest BCUT2D eigenvalue weighted by Crippen LogP contribution is 2.25. The summed E-state index contributed by atoms with van der Waals surface area (Å²) >= 11 is 0. The lowest BCUT2D eigenvalue weighted by molar-refractivity contribution is 0.0415. The summed E-state index contributed by atoms with van der Waals surface area (Å²) in [4.78, 5) is 54.4. The Kier molecular flexibility index (Phi) is 27.9. The molecule has 0 fully saturated rings. The minimum absolute atomic E-state index is 0.108. The number of benzene rings is 1. The number of ether oxygens (including phenoxy) is 4. The highest BCUT2D eigenvalue weighted by Gasteiger charge is 2.33. The molecule has 50 heavy (non-hydrogen) atoms. The van der Waals surface area contributed by atoms with Crippen molar-refractivity contribution in [2.24, 2.45) is 0 Å². The molecule has 0 aliphatic rings. The van der Waals surface area contributed by atoms with E-state index in [1.165, 1.54) is 25.0 Å². The molecule has 0 aliphatic carbocycles. The molecule has 0 amide bonds. The second-order valence-electron chi connectivity index (χ2n) is 13.5. The van der Waals surface area contributed by atoms with Crippen LogP contribution in [0.5, 0.6) is 0 Å². The first-order valence-electron chi connectivity index (χ1n) is 20.3. The van der Waals surface area contributed by atoms with Crippen LogP contribution in [0.1, 0.15) is 223 Å². The van der Waals surface area contributed by atoms with Crippen LogP contribution in [-0.4, -0.2) is 50.3 Å². The van der Waals surface area contributed by atoms with E-state index < -0.39 is 23.9 Å². The third kappa shape index (κ3) is 20.1. The van der Waals surface area contributed by atoms with Crippen molar-refractivity contribution in [3.8, 4) is 0 Å². The summed E-state index contributed by atoms with van der Waals surface area (Å²) in [7, 11) is 0. The molecule has 286 valence electrons. The fourth-order valence-electron chi connectivity index (χ4n) is 5.86. The number of hydrogen-bond donors (Lipinski definition) is 0. The van der Waals surface area contributed by atoms with E-state index in [0.29, 0.717) is 25.7 Å². The average molecular weight is 703 g/mol. The fraction of sp³-hybridized carbons (Fsp3) is 0.762. The molecule has 0 saturated heterocycles. The van der Waals surface area contributed by atoms with Crippen LogP contribution in [0.4, 0.5) is 0 Å². The fourth-order valence-corrected chi connectivity index (χ4v) is 5.86. The molecule has 8 heteroatoms. The van der Waals surface area contributed by atoms with E-state index in [0.717, 1.165) is 116 Å². The summed E-state index contributed by atoms with van der Waals surface area (Å²) in [5.41, 5.74) is -0.789.